The van der Waals surface area contributed by atoms with Gasteiger partial charge in [0.05, 0.1) is 10.7 Å². The Labute approximate surface area is 162 Å². The fourth-order valence-electron chi connectivity index (χ4n) is 3.07. The number of nitrogens with zero attached hydrogens (tertiary/aromatic N) is 2. The third-order valence-corrected chi connectivity index (χ3v) is 6.17. The van der Waals surface area contributed by atoms with Gasteiger partial charge in [-0.05, 0) is 37.1 Å². The Hall–Kier alpha value is -1.86. The van der Waals surface area contributed by atoms with E-state index in [-0.39, 0.29) is 17.7 Å². The molecule has 0 bridgehead atoms. The van der Waals surface area contributed by atoms with Gasteiger partial charge in [0.15, 0.2) is 0 Å². The molecule has 1 aromatic heterocycles. The minimum atomic E-state index is -0.404. The van der Waals surface area contributed by atoms with E-state index in [0.29, 0.717) is 18.7 Å². The van der Waals surface area contributed by atoms with E-state index >= 15 is 0 Å². The van der Waals surface area contributed by atoms with Gasteiger partial charge in [0.25, 0.3) is 5.91 Å². The highest BCUT2D eigenvalue weighted by Gasteiger charge is 2.35. The van der Waals surface area contributed by atoms with Crippen molar-refractivity contribution >= 4 is 34.9 Å². The minimum Gasteiger partial charge on any atom is -0.353 e. The molecule has 1 atom stereocenters. The number of rotatable bonds is 5. The van der Waals surface area contributed by atoms with Crippen LogP contribution in [-0.2, 0) is 10.5 Å². The molecule has 1 aliphatic rings. The fourth-order valence-corrected chi connectivity index (χ4v) is 4.58. The Bertz CT molecular complexity index is 786. The predicted octanol–water partition coefficient (Wildman–Crippen LogP) is 3.34. The average molecular weight is 390 g/mol. The molecule has 2 aromatic rings. The molecule has 2 heterocycles. The van der Waals surface area contributed by atoms with E-state index in [2.05, 4.69) is 15.7 Å². The molecule has 1 aliphatic heterocycles. The average Bonchev–Trinajstić information content (AvgIpc) is 3.04. The number of carbonyl (C=O) groups excluding carboxylic acids is 2. The first-order valence-corrected chi connectivity index (χ1v) is 10.5. The van der Waals surface area contributed by atoms with Gasteiger partial charge in [-0.15, -0.1) is 23.1 Å². The van der Waals surface area contributed by atoms with E-state index in [4.69, 9.17) is 0 Å². The number of nitrogens with one attached hydrogen (secondary N) is 1. The quantitative estimate of drug-likeness (QED) is 0.797. The van der Waals surface area contributed by atoms with Crippen LogP contribution in [0.25, 0.3) is 0 Å². The van der Waals surface area contributed by atoms with E-state index in [9.17, 15) is 9.59 Å². The maximum Gasteiger partial charge on any atom is 0.254 e. The molecule has 0 spiro atoms. The summed E-state index contributed by atoms with van der Waals surface area (Å²) in [5, 5.41) is 6.00. The third-order valence-electron chi connectivity index (χ3n) is 4.30. The van der Waals surface area contributed by atoms with E-state index in [1.165, 1.54) is 0 Å². The Morgan fingerprint density at radius 2 is 2.12 bits per heavy atom. The molecule has 0 aliphatic carbocycles. The summed E-state index contributed by atoms with van der Waals surface area (Å²) in [5.74, 6) is 0.755. The van der Waals surface area contributed by atoms with Gasteiger partial charge in [-0.25, -0.2) is 4.98 Å². The SMILES string of the molecule is Cc1nc(CSc2ccc(C(=O)N3CCNC(=O)C3C(C)C)cc2)cs1. The van der Waals surface area contributed by atoms with Crippen molar-refractivity contribution in [1.29, 1.82) is 0 Å². The van der Waals surface area contributed by atoms with Crippen LogP contribution in [-0.4, -0.2) is 40.8 Å². The van der Waals surface area contributed by atoms with Crippen molar-refractivity contribution in [2.45, 2.75) is 37.5 Å². The molecular formula is C19H23N3O2S2. The van der Waals surface area contributed by atoms with Gasteiger partial charge in [-0.2, -0.15) is 0 Å². The molecule has 1 N–H and O–H groups in total. The molecule has 5 nitrogen and oxygen atoms in total. The zero-order chi connectivity index (χ0) is 18.7. The van der Waals surface area contributed by atoms with Crippen LogP contribution >= 0.6 is 23.1 Å². The molecule has 0 radical (unpaired) electrons. The van der Waals surface area contributed by atoms with Gasteiger partial charge in [-0.1, -0.05) is 13.8 Å². The van der Waals surface area contributed by atoms with Crippen molar-refractivity contribution < 1.29 is 9.59 Å². The number of thioether (sulfide) groups is 1. The first-order valence-electron chi connectivity index (χ1n) is 8.68. The van der Waals surface area contributed by atoms with Crippen molar-refractivity contribution in [3.8, 4) is 0 Å². The Kier molecular flexibility index (Phi) is 5.98. The maximum atomic E-state index is 12.9. The Balaban J connectivity index is 1.67. The molecule has 1 fully saturated rings. The van der Waals surface area contributed by atoms with Gasteiger partial charge >= 0.3 is 0 Å². The highest BCUT2D eigenvalue weighted by atomic mass is 32.2. The third kappa shape index (κ3) is 4.27. The van der Waals surface area contributed by atoms with Crippen molar-refractivity contribution in [1.82, 2.24) is 15.2 Å². The number of aromatic nitrogens is 1. The first kappa shape index (κ1) is 18.9. The standard InChI is InChI=1S/C19H23N3O2S2/c1-12(2)17-18(23)20-8-9-22(17)19(24)14-4-6-16(7-5-14)26-11-15-10-25-13(3)21-15/h4-7,10,12,17H,8-9,11H2,1-3H3,(H,20,23). The number of carbonyl (C=O) groups is 2. The maximum absolute atomic E-state index is 12.9. The Morgan fingerprint density at radius 3 is 2.73 bits per heavy atom. The predicted molar refractivity (Wildman–Crippen MR) is 106 cm³/mol. The topological polar surface area (TPSA) is 62.3 Å². The number of thiazole rings is 1. The van der Waals surface area contributed by atoms with Crippen LogP contribution in [0.5, 0.6) is 0 Å². The number of amides is 2. The number of benzene rings is 1. The lowest BCUT2D eigenvalue weighted by molar-refractivity contribution is -0.129. The molecule has 1 aromatic carbocycles. The number of aryl methyl sites for hydroxylation is 1. The summed E-state index contributed by atoms with van der Waals surface area (Å²) in [4.78, 5) is 32.3. The molecule has 1 unspecified atom stereocenters. The zero-order valence-corrected chi connectivity index (χ0v) is 16.8. The van der Waals surface area contributed by atoms with Crippen LogP contribution in [0.2, 0.25) is 0 Å². The summed E-state index contributed by atoms with van der Waals surface area (Å²) in [5.41, 5.74) is 1.70. The monoisotopic (exact) mass is 389 g/mol. The number of hydrogen-bond acceptors (Lipinski definition) is 5. The normalized spacial score (nSPS) is 17.5. The molecule has 7 heteroatoms. The number of hydrogen-bond donors (Lipinski definition) is 1. The number of piperazine rings is 1. The van der Waals surface area contributed by atoms with Crippen LogP contribution in [0, 0.1) is 12.8 Å². The van der Waals surface area contributed by atoms with Crippen LogP contribution in [0.3, 0.4) is 0 Å². The van der Waals surface area contributed by atoms with Crippen LogP contribution in [0.4, 0.5) is 0 Å². The molecule has 1 saturated heterocycles. The van der Waals surface area contributed by atoms with Crippen LogP contribution in [0.1, 0.15) is 34.9 Å². The van der Waals surface area contributed by atoms with E-state index < -0.39 is 6.04 Å². The minimum absolute atomic E-state index is 0.0645. The largest absolute Gasteiger partial charge is 0.353 e. The molecule has 0 saturated carbocycles. The molecule has 2 amide bonds. The second kappa shape index (κ2) is 8.22. The van der Waals surface area contributed by atoms with Crippen molar-refractivity contribution in [3.63, 3.8) is 0 Å². The Morgan fingerprint density at radius 1 is 1.38 bits per heavy atom. The summed E-state index contributed by atoms with van der Waals surface area (Å²) >= 11 is 3.36. The summed E-state index contributed by atoms with van der Waals surface area (Å²) < 4.78 is 0. The molecule has 138 valence electrons. The summed E-state index contributed by atoms with van der Waals surface area (Å²) in [6.07, 6.45) is 0. The van der Waals surface area contributed by atoms with Crippen LogP contribution < -0.4 is 5.32 Å². The van der Waals surface area contributed by atoms with Gasteiger partial charge < -0.3 is 10.2 Å². The highest BCUT2D eigenvalue weighted by molar-refractivity contribution is 7.98. The van der Waals surface area contributed by atoms with Crippen molar-refractivity contribution in [2.24, 2.45) is 5.92 Å². The molecular weight excluding hydrogens is 366 g/mol. The lowest BCUT2D eigenvalue weighted by Gasteiger charge is -2.37. The van der Waals surface area contributed by atoms with Gasteiger partial charge in [0, 0.05) is 34.7 Å². The molecule has 3 rings (SSSR count). The van der Waals surface area contributed by atoms with E-state index in [1.807, 2.05) is 45.0 Å². The van der Waals surface area contributed by atoms with Gasteiger partial charge in [0.2, 0.25) is 5.91 Å². The first-order chi connectivity index (χ1) is 12.5. The zero-order valence-electron chi connectivity index (χ0n) is 15.2. The molecule has 26 heavy (non-hydrogen) atoms. The van der Waals surface area contributed by atoms with Crippen molar-refractivity contribution in [3.05, 3.63) is 45.9 Å². The second-order valence-corrected chi connectivity index (χ2v) is 8.76. The van der Waals surface area contributed by atoms with Gasteiger partial charge in [0.1, 0.15) is 6.04 Å². The fraction of sp³-hybridized carbons (Fsp3) is 0.421. The summed E-state index contributed by atoms with van der Waals surface area (Å²) in [7, 11) is 0. The smallest absolute Gasteiger partial charge is 0.254 e. The van der Waals surface area contributed by atoms with Crippen LogP contribution in [0.15, 0.2) is 34.5 Å². The van der Waals surface area contributed by atoms with Crippen molar-refractivity contribution in [2.75, 3.05) is 13.1 Å². The lowest BCUT2D eigenvalue weighted by Crippen LogP contribution is -2.59. The summed E-state index contributed by atoms with van der Waals surface area (Å²) in [6, 6.07) is 7.22. The summed E-state index contributed by atoms with van der Waals surface area (Å²) in [6.45, 7) is 7.00. The van der Waals surface area contributed by atoms with Gasteiger partial charge in [-0.3, -0.25) is 9.59 Å². The van der Waals surface area contributed by atoms with E-state index in [0.717, 1.165) is 21.3 Å². The van der Waals surface area contributed by atoms with E-state index in [1.54, 1.807) is 28.0 Å². The second-order valence-electron chi connectivity index (χ2n) is 6.65. The highest BCUT2D eigenvalue weighted by Crippen LogP contribution is 2.25. The lowest BCUT2D eigenvalue weighted by atomic mass is 9.98.